The van der Waals surface area contributed by atoms with Crippen LogP contribution in [0.15, 0.2) is 17.7 Å². The molecule has 0 aromatic heterocycles. The Morgan fingerprint density at radius 3 is 2.13 bits per heavy atom. The van der Waals surface area contributed by atoms with Crippen molar-refractivity contribution in [2.75, 3.05) is 41.7 Å². The highest BCUT2D eigenvalue weighted by atomic mass is 16.6. The largest absolute Gasteiger partial charge is 0.493 e. The second-order valence-corrected chi connectivity index (χ2v) is 4.26. The second-order valence-electron chi connectivity index (χ2n) is 4.26. The molecule has 0 fully saturated rings. The number of nitriles is 1. The van der Waals surface area contributed by atoms with Gasteiger partial charge in [0.25, 0.3) is 0 Å². The number of benzene rings is 1. The van der Waals surface area contributed by atoms with Gasteiger partial charge in [-0.15, -0.1) is 0 Å². The fraction of sp³-hybridized carbons (Fsp3) is 0.375. The van der Waals surface area contributed by atoms with Crippen molar-refractivity contribution in [3.8, 4) is 23.3 Å². The Labute approximate surface area is 135 Å². The third kappa shape index (κ3) is 4.90. The number of hydrogen-bond donors (Lipinski definition) is 0. The number of carbonyl (C=O) groups is 1. The van der Waals surface area contributed by atoms with Crippen LogP contribution >= 0.6 is 0 Å². The van der Waals surface area contributed by atoms with Crippen LogP contribution < -0.4 is 14.2 Å². The molecule has 0 aliphatic rings. The van der Waals surface area contributed by atoms with E-state index in [1.54, 1.807) is 12.1 Å². The van der Waals surface area contributed by atoms with Crippen LogP contribution in [0.3, 0.4) is 0 Å². The second kappa shape index (κ2) is 9.33. The molecule has 0 spiro atoms. The maximum Gasteiger partial charge on any atom is 0.348 e. The summed E-state index contributed by atoms with van der Waals surface area (Å²) in [5, 5.41) is 9.13. The van der Waals surface area contributed by atoms with Gasteiger partial charge in [-0.3, -0.25) is 0 Å². The van der Waals surface area contributed by atoms with Gasteiger partial charge in [-0.25, -0.2) is 4.79 Å². The van der Waals surface area contributed by atoms with E-state index in [1.165, 1.54) is 34.5 Å². The molecule has 0 saturated carbocycles. The molecule has 0 saturated heterocycles. The van der Waals surface area contributed by atoms with Crippen molar-refractivity contribution >= 4 is 12.0 Å². The molecule has 7 nitrogen and oxygen atoms in total. The Morgan fingerprint density at radius 2 is 1.70 bits per heavy atom. The number of esters is 1. The Balaban J connectivity index is 3.13. The molecule has 0 atom stereocenters. The maximum absolute atomic E-state index is 11.8. The molecule has 1 rings (SSSR count). The standard InChI is InChI=1S/C16H19NO6/c1-19-5-6-23-16(18)12(10-17)7-11-8-13(20-2)15(22-4)14(9-11)21-3/h7-9H,5-6H2,1-4H3. The van der Waals surface area contributed by atoms with Crippen LogP contribution in [0.4, 0.5) is 0 Å². The number of rotatable bonds is 8. The first-order chi connectivity index (χ1) is 11.1. The first-order valence-corrected chi connectivity index (χ1v) is 6.69. The SMILES string of the molecule is COCCOC(=O)C(C#N)=Cc1cc(OC)c(OC)c(OC)c1. The normalized spacial score (nSPS) is 10.7. The fourth-order valence-electron chi connectivity index (χ4n) is 1.78. The van der Waals surface area contributed by atoms with Crippen LogP contribution in [0.2, 0.25) is 0 Å². The number of hydrogen-bond acceptors (Lipinski definition) is 7. The van der Waals surface area contributed by atoms with Gasteiger partial charge in [0.2, 0.25) is 5.75 Å². The predicted octanol–water partition coefficient (Wildman–Crippen LogP) is 1.81. The molecule has 0 heterocycles. The first kappa shape index (κ1) is 18.3. The quantitative estimate of drug-likeness (QED) is 0.312. The molecule has 0 bridgehead atoms. The van der Waals surface area contributed by atoms with E-state index in [1.807, 2.05) is 6.07 Å². The summed E-state index contributed by atoms with van der Waals surface area (Å²) in [4.78, 5) is 11.8. The van der Waals surface area contributed by atoms with Crippen LogP contribution in [0.25, 0.3) is 6.08 Å². The molecular formula is C16H19NO6. The zero-order valence-corrected chi connectivity index (χ0v) is 13.5. The average Bonchev–Trinajstić information content (AvgIpc) is 2.58. The molecule has 1 aromatic carbocycles. The number of carbonyl (C=O) groups excluding carboxylic acids is 1. The first-order valence-electron chi connectivity index (χ1n) is 6.69. The molecule has 7 heteroatoms. The molecule has 0 aliphatic heterocycles. The molecule has 0 unspecified atom stereocenters. The number of methoxy groups -OCH3 is 4. The van der Waals surface area contributed by atoms with Crippen LogP contribution in [-0.2, 0) is 14.3 Å². The van der Waals surface area contributed by atoms with Crippen molar-refractivity contribution in [2.45, 2.75) is 0 Å². The highest BCUT2D eigenvalue weighted by Crippen LogP contribution is 2.38. The minimum Gasteiger partial charge on any atom is -0.493 e. The van der Waals surface area contributed by atoms with Gasteiger partial charge in [0.05, 0.1) is 27.9 Å². The van der Waals surface area contributed by atoms with Gasteiger partial charge in [0.15, 0.2) is 11.5 Å². The molecule has 124 valence electrons. The smallest absolute Gasteiger partial charge is 0.348 e. The fourth-order valence-corrected chi connectivity index (χ4v) is 1.78. The topological polar surface area (TPSA) is 87.0 Å². The molecule has 0 radical (unpaired) electrons. The Morgan fingerprint density at radius 1 is 1.09 bits per heavy atom. The van der Waals surface area contributed by atoms with Crippen LogP contribution in [0, 0.1) is 11.3 Å². The highest BCUT2D eigenvalue weighted by Gasteiger charge is 2.15. The summed E-state index contributed by atoms with van der Waals surface area (Å²) >= 11 is 0. The van der Waals surface area contributed by atoms with E-state index >= 15 is 0 Å². The van der Waals surface area contributed by atoms with E-state index in [2.05, 4.69) is 0 Å². The lowest BCUT2D eigenvalue weighted by atomic mass is 10.1. The maximum atomic E-state index is 11.8. The van der Waals surface area contributed by atoms with E-state index in [4.69, 9.17) is 28.9 Å². The highest BCUT2D eigenvalue weighted by molar-refractivity contribution is 5.98. The average molecular weight is 321 g/mol. The molecule has 23 heavy (non-hydrogen) atoms. The van der Waals surface area contributed by atoms with Gasteiger partial charge in [-0.05, 0) is 23.8 Å². The summed E-state index contributed by atoms with van der Waals surface area (Å²) in [6.07, 6.45) is 1.39. The number of nitrogens with zero attached hydrogens (tertiary/aromatic N) is 1. The third-order valence-electron chi connectivity index (χ3n) is 2.86. The van der Waals surface area contributed by atoms with E-state index in [0.717, 1.165) is 0 Å². The summed E-state index contributed by atoms with van der Waals surface area (Å²) in [7, 11) is 5.94. The molecular weight excluding hydrogens is 302 g/mol. The van der Waals surface area contributed by atoms with Crippen LogP contribution in [0.5, 0.6) is 17.2 Å². The van der Waals surface area contributed by atoms with Gasteiger partial charge in [0, 0.05) is 7.11 Å². The van der Waals surface area contributed by atoms with Gasteiger partial charge in [-0.2, -0.15) is 5.26 Å². The van der Waals surface area contributed by atoms with Crippen molar-refractivity contribution in [1.29, 1.82) is 5.26 Å². The predicted molar refractivity (Wildman–Crippen MR) is 82.5 cm³/mol. The number of ether oxygens (including phenoxy) is 5. The van der Waals surface area contributed by atoms with Crippen molar-refractivity contribution in [1.82, 2.24) is 0 Å². The third-order valence-corrected chi connectivity index (χ3v) is 2.86. The van der Waals surface area contributed by atoms with Crippen molar-refractivity contribution < 1.29 is 28.5 Å². The van der Waals surface area contributed by atoms with Crippen molar-refractivity contribution in [3.05, 3.63) is 23.3 Å². The summed E-state index contributed by atoms with van der Waals surface area (Å²) < 4.78 is 25.4. The molecule has 0 amide bonds. The summed E-state index contributed by atoms with van der Waals surface area (Å²) in [6, 6.07) is 5.07. The molecule has 0 aliphatic carbocycles. The van der Waals surface area contributed by atoms with Crippen molar-refractivity contribution in [3.63, 3.8) is 0 Å². The lowest BCUT2D eigenvalue weighted by Crippen LogP contribution is -2.11. The van der Waals surface area contributed by atoms with Crippen molar-refractivity contribution in [2.24, 2.45) is 0 Å². The van der Waals surface area contributed by atoms with Gasteiger partial charge in [0.1, 0.15) is 18.2 Å². The zero-order valence-electron chi connectivity index (χ0n) is 13.5. The van der Waals surface area contributed by atoms with E-state index in [0.29, 0.717) is 22.8 Å². The summed E-state index contributed by atoms with van der Waals surface area (Å²) in [6.45, 7) is 0.332. The molecule has 0 N–H and O–H groups in total. The van der Waals surface area contributed by atoms with E-state index in [-0.39, 0.29) is 18.8 Å². The van der Waals surface area contributed by atoms with Gasteiger partial charge >= 0.3 is 5.97 Å². The Bertz CT molecular complexity index is 592. The molecule has 1 aromatic rings. The van der Waals surface area contributed by atoms with E-state index in [9.17, 15) is 4.79 Å². The Kier molecular flexibility index (Phi) is 7.43. The van der Waals surface area contributed by atoms with Crippen LogP contribution in [-0.4, -0.2) is 47.6 Å². The Hall–Kier alpha value is -2.72. The van der Waals surface area contributed by atoms with Gasteiger partial charge < -0.3 is 23.7 Å². The van der Waals surface area contributed by atoms with E-state index < -0.39 is 5.97 Å². The zero-order chi connectivity index (χ0) is 17.2. The summed E-state index contributed by atoms with van der Waals surface area (Å²) in [5.74, 6) is 0.540. The van der Waals surface area contributed by atoms with Crippen LogP contribution in [0.1, 0.15) is 5.56 Å². The summed E-state index contributed by atoms with van der Waals surface area (Å²) in [5.41, 5.74) is 0.398. The lowest BCUT2D eigenvalue weighted by Gasteiger charge is -2.13. The monoisotopic (exact) mass is 321 g/mol. The minimum absolute atomic E-state index is 0.0730. The lowest BCUT2D eigenvalue weighted by molar-refractivity contribution is -0.139. The van der Waals surface area contributed by atoms with Gasteiger partial charge in [-0.1, -0.05) is 0 Å². The minimum atomic E-state index is -0.724.